The van der Waals surface area contributed by atoms with Crippen LogP contribution in [0.25, 0.3) is 0 Å². The van der Waals surface area contributed by atoms with Gasteiger partial charge in [0.05, 0.1) is 10.9 Å². The molecule has 2 rings (SSSR count). The number of halogens is 4. The maximum Gasteiger partial charge on any atom is 0.142 e. The van der Waals surface area contributed by atoms with Crippen LogP contribution in [0.2, 0.25) is 15.1 Å². The molecule has 0 radical (unpaired) electrons. The molecule has 0 saturated carbocycles. The lowest BCUT2D eigenvalue weighted by Gasteiger charge is -2.12. The Labute approximate surface area is 132 Å². The third-order valence-electron chi connectivity index (χ3n) is 2.57. The summed E-state index contributed by atoms with van der Waals surface area (Å²) in [6.45, 7) is 0.285. The topological polar surface area (TPSA) is 9.23 Å². The van der Waals surface area contributed by atoms with Gasteiger partial charge in [0.25, 0.3) is 0 Å². The standard InChI is InChI=1S/C14H10Cl4O/c15-7-9-2-1-3-13(18)14(9)19-8-10-6-11(16)4-5-12(10)17/h1-6H,7-8H2. The Balaban J connectivity index is 2.21. The first-order valence-corrected chi connectivity index (χ1v) is 7.18. The molecule has 0 aliphatic heterocycles. The van der Waals surface area contributed by atoms with E-state index in [9.17, 15) is 0 Å². The number of rotatable bonds is 4. The van der Waals surface area contributed by atoms with Crippen molar-refractivity contribution >= 4 is 46.4 Å². The average molecular weight is 336 g/mol. The van der Waals surface area contributed by atoms with E-state index in [1.54, 1.807) is 24.3 Å². The van der Waals surface area contributed by atoms with E-state index in [1.165, 1.54) is 0 Å². The Morgan fingerprint density at radius 3 is 2.42 bits per heavy atom. The highest BCUT2D eigenvalue weighted by Crippen LogP contribution is 2.31. The molecule has 5 heteroatoms. The van der Waals surface area contributed by atoms with Crippen LogP contribution in [0.3, 0.4) is 0 Å². The van der Waals surface area contributed by atoms with Crippen molar-refractivity contribution in [2.45, 2.75) is 12.5 Å². The van der Waals surface area contributed by atoms with Crippen molar-refractivity contribution in [3.8, 4) is 5.75 Å². The number of hydrogen-bond acceptors (Lipinski definition) is 1. The summed E-state index contributed by atoms with van der Waals surface area (Å²) in [7, 11) is 0. The van der Waals surface area contributed by atoms with Crippen LogP contribution in [-0.4, -0.2) is 0 Å². The molecular formula is C14H10Cl4O. The first-order chi connectivity index (χ1) is 9.11. The number of alkyl halides is 1. The number of ether oxygens (including phenoxy) is 1. The average Bonchev–Trinajstić information content (AvgIpc) is 2.40. The second kappa shape index (κ2) is 6.71. The Morgan fingerprint density at radius 1 is 0.895 bits per heavy atom. The maximum absolute atomic E-state index is 6.10. The molecule has 0 saturated heterocycles. The van der Waals surface area contributed by atoms with E-state index in [-0.39, 0.29) is 6.61 Å². The van der Waals surface area contributed by atoms with Crippen LogP contribution in [0.15, 0.2) is 36.4 Å². The monoisotopic (exact) mass is 334 g/mol. The Kier molecular flexibility index (Phi) is 5.23. The van der Waals surface area contributed by atoms with Crippen LogP contribution >= 0.6 is 46.4 Å². The van der Waals surface area contributed by atoms with Gasteiger partial charge in [-0.3, -0.25) is 0 Å². The van der Waals surface area contributed by atoms with Gasteiger partial charge in [0.2, 0.25) is 0 Å². The van der Waals surface area contributed by atoms with Crippen LogP contribution in [-0.2, 0) is 12.5 Å². The van der Waals surface area contributed by atoms with Crippen molar-refractivity contribution in [2.75, 3.05) is 0 Å². The molecule has 100 valence electrons. The van der Waals surface area contributed by atoms with Gasteiger partial charge in [-0.05, 0) is 24.3 Å². The number of hydrogen-bond donors (Lipinski definition) is 0. The van der Waals surface area contributed by atoms with Gasteiger partial charge in [0, 0.05) is 21.2 Å². The zero-order valence-electron chi connectivity index (χ0n) is 9.80. The molecule has 0 amide bonds. The molecule has 0 bridgehead atoms. The quantitative estimate of drug-likeness (QED) is 0.626. The summed E-state index contributed by atoms with van der Waals surface area (Å²) < 4.78 is 5.72. The Hall–Kier alpha value is -0.600. The first-order valence-electron chi connectivity index (χ1n) is 5.52. The van der Waals surface area contributed by atoms with Crippen molar-refractivity contribution < 1.29 is 4.74 Å². The second-order valence-corrected chi connectivity index (χ2v) is 5.40. The van der Waals surface area contributed by atoms with E-state index in [1.807, 2.05) is 12.1 Å². The van der Waals surface area contributed by atoms with Crippen LogP contribution in [0.5, 0.6) is 5.75 Å². The van der Waals surface area contributed by atoms with Crippen molar-refractivity contribution in [2.24, 2.45) is 0 Å². The molecule has 0 N–H and O–H groups in total. The van der Waals surface area contributed by atoms with E-state index in [4.69, 9.17) is 51.1 Å². The largest absolute Gasteiger partial charge is 0.487 e. The van der Waals surface area contributed by atoms with Gasteiger partial charge in [-0.25, -0.2) is 0 Å². The van der Waals surface area contributed by atoms with Crippen LogP contribution in [0, 0.1) is 0 Å². The van der Waals surface area contributed by atoms with E-state index >= 15 is 0 Å². The highest BCUT2D eigenvalue weighted by molar-refractivity contribution is 6.33. The molecule has 0 aromatic heterocycles. The van der Waals surface area contributed by atoms with Gasteiger partial charge in [-0.15, -0.1) is 11.6 Å². The van der Waals surface area contributed by atoms with E-state index in [0.717, 1.165) is 11.1 Å². The Morgan fingerprint density at radius 2 is 1.68 bits per heavy atom. The van der Waals surface area contributed by atoms with Gasteiger partial charge >= 0.3 is 0 Å². The zero-order chi connectivity index (χ0) is 13.8. The minimum Gasteiger partial charge on any atom is -0.487 e. The lowest BCUT2D eigenvalue weighted by atomic mass is 10.2. The van der Waals surface area contributed by atoms with Crippen molar-refractivity contribution in [3.63, 3.8) is 0 Å². The summed E-state index contributed by atoms with van der Waals surface area (Å²) in [5.74, 6) is 0.911. The van der Waals surface area contributed by atoms with Crippen molar-refractivity contribution in [1.82, 2.24) is 0 Å². The first kappa shape index (κ1) is 14.8. The minimum atomic E-state index is 0.285. The normalized spacial score (nSPS) is 10.5. The van der Waals surface area contributed by atoms with Crippen LogP contribution < -0.4 is 4.74 Å². The van der Waals surface area contributed by atoms with Crippen LogP contribution in [0.1, 0.15) is 11.1 Å². The summed E-state index contributed by atoms with van der Waals surface area (Å²) in [6, 6.07) is 10.7. The minimum absolute atomic E-state index is 0.285. The predicted molar refractivity (Wildman–Crippen MR) is 81.8 cm³/mol. The van der Waals surface area contributed by atoms with Gasteiger partial charge in [-0.1, -0.05) is 46.9 Å². The molecule has 0 unspecified atom stereocenters. The van der Waals surface area contributed by atoms with Gasteiger partial charge in [0.15, 0.2) is 0 Å². The smallest absolute Gasteiger partial charge is 0.142 e. The molecule has 0 atom stereocenters. The Bertz CT molecular complexity index is 584. The summed E-state index contributed by atoms with van der Waals surface area (Å²) in [6.07, 6.45) is 0. The summed E-state index contributed by atoms with van der Waals surface area (Å²) >= 11 is 24.0. The SMILES string of the molecule is ClCc1cccc(Cl)c1OCc1cc(Cl)ccc1Cl. The second-order valence-electron chi connectivity index (χ2n) is 3.89. The summed E-state index contributed by atoms with van der Waals surface area (Å²) in [4.78, 5) is 0. The van der Waals surface area contributed by atoms with E-state index < -0.39 is 0 Å². The fourth-order valence-corrected chi connectivity index (χ4v) is 2.45. The molecular weight excluding hydrogens is 326 g/mol. The predicted octanol–water partition coefficient (Wildman–Crippen LogP) is 5.96. The fraction of sp³-hybridized carbons (Fsp3) is 0.143. The molecule has 19 heavy (non-hydrogen) atoms. The van der Waals surface area contributed by atoms with E-state index in [2.05, 4.69) is 0 Å². The summed E-state index contributed by atoms with van der Waals surface area (Å²) in [5.41, 5.74) is 1.64. The highest BCUT2D eigenvalue weighted by Gasteiger charge is 2.09. The molecule has 2 aromatic rings. The third-order valence-corrected chi connectivity index (χ3v) is 3.76. The van der Waals surface area contributed by atoms with E-state index in [0.29, 0.717) is 26.7 Å². The molecule has 0 heterocycles. The number of para-hydroxylation sites is 1. The molecule has 0 spiro atoms. The van der Waals surface area contributed by atoms with Gasteiger partial charge in [-0.2, -0.15) is 0 Å². The molecule has 0 fully saturated rings. The lowest BCUT2D eigenvalue weighted by Crippen LogP contribution is -1.99. The fourth-order valence-electron chi connectivity index (χ4n) is 1.62. The highest BCUT2D eigenvalue weighted by atomic mass is 35.5. The number of benzene rings is 2. The van der Waals surface area contributed by atoms with Crippen molar-refractivity contribution in [1.29, 1.82) is 0 Å². The lowest BCUT2D eigenvalue weighted by molar-refractivity contribution is 0.304. The van der Waals surface area contributed by atoms with Gasteiger partial charge < -0.3 is 4.74 Å². The third kappa shape index (κ3) is 3.70. The molecule has 1 nitrogen and oxygen atoms in total. The molecule has 0 aliphatic rings. The molecule has 2 aromatic carbocycles. The summed E-state index contributed by atoms with van der Waals surface area (Å²) in [5, 5.41) is 1.74. The van der Waals surface area contributed by atoms with Crippen molar-refractivity contribution in [3.05, 3.63) is 62.6 Å². The maximum atomic E-state index is 6.10. The van der Waals surface area contributed by atoms with Gasteiger partial charge in [0.1, 0.15) is 12.4 Å². The van der Waals surface area contributed by atoms with Crippen LogP contribution in [0.4, 0.5) is 0 Å². The molecule has 0 aliphatic carbocycles. The zero-order valence-corrected chi connectivity index (χ0v) is 12.8.